The molecule has 1 saturated carbocycles. The fourth-order valence-electron chi connectivity index (χ4n) is 2.24. The van der Waals surface area contributed by atoms with Crippen molar-refractivity contribution in [2.45, 2.75) is 37.8 Å². The number of rotatable bonds is 7. The first-order chi connectivity index (χ1) is 9.81. The zero-order valence-corrected chi connectivity index (χ0v) is 12.3. The normalized spacial score (nSPS) is 16.2. The number of hydrogen-bond acceptors (Lipinski definition) is 4. The molecule has 1 fully saturated rings. The van der Waals surface area contributed by atoms with Gasteiger partial charge in [-0.05, 0) is 24.8 Å². The number of hydrogen-bond donors (Lipinski definition) is 2. The molecule has 0 radical (unpaired) electrons. The van der Waals surface area contributed by atoms with E-state index >= 15 is 0 Å². The standard InChI is InChI=1S/C16H20N2OS/c19-14(8-12-4-2-1-3-5-12)9-17-10-15-11-18-16(20-15)13-6-7-13/h1-5,11,13-14,17,19H,6-10H2. The van der Waals surface area contributed by atoms with Crippen molar-refractivity contribution in [3.63, 3.8) is 0 Å². The predicted octanol–water partition coefficient (Wildman–Crippen LogP) is 2.71. The lowest BCUT2D eigenvalue weighted by molar-refractivity contribution is 0.171. The number of aliphatic hydroxyl groups excluding tert-OH is 1. The van der Waals surface area contributed by atoms with E-state index in [0.29, 0.717) is 13.0 Å². The third-order valence-electron chi connectivity index (χ3n) is 3.49. The Bertz CT molecular complexity index is 536. The Balaban J connectivity index is 1.40. The monoisotopic (exact) mass is 288 g/mol. The second kappa shape index (κ2) is 6.48. The van der Waals surface area contributed by atoms with Gasteiger partial charge in [-0.3, -0.25) is 0 Å². The lowest BCUT2D eigenvalue weighted by atomic mass is 10.1. The molecule has 1 heterocycles. The Labute approximate surface area is 123 Å². The van der Waals surface area contributed by atoms with Crippen LogP contribution < -0.4 is 5.32 Å². The van der Waals surface area contributed by atoms with Crippen molar-refractivity contribution in [2.75, 3.05) is 6.54 Å². The van der Waals surface area contributed by atoms with Crippen molar-refractivity contribution in [1.29, 1.82) is 0 Å². The van der Waals surface area contributed by atoms with E-state index in [9.17, 15) is 5.11 Å². The minimum Gasteiger partial charge on any atom is -0.391 e. The summed E-state index contributed by atoms with van der Waals surface area (Å²) < 4.78 is 0. The molecule has 0 amide bonds. The van der Waals surface area contributed by atoms with Gasteiger partial charge in [0.15, 0.2) is 0 Å². The van der Waals surface area contributed by atoms with Crippen molar-refractivity contribution >= 4 is 11.3 Å². The summed E-state index contributed by atoms with van der Waals surface area (Å²) in [6.45, 7) is 1.42. The summed E-state index contributed by atoms with van der Waals surface area (Å²) >= 11 is 1.80. The summed E-state index contributed by atoms with van der Waals surface area (Å²) in [7, 11) is 0. The highest BCUT2D eigenvalue weighted by molar-refractivity contribution is 7.11. The fourth-order valence-corrected chi connectivity index (χ4v) is 3.30. The maximum absolute atomic E-state index is 10.0. The molecule has 0 bridgehead atoms. The molecule has 1 aliphatic rings. The SMILES string of the molecule is OC(CNCc1cnc(C2CC2)s1)Cc1ccccc1. The van der Waals surface area contributed by atoms with Gasteiger partial charge in [0.2, 0.25) is 0 Å². The van der Waals surface area contributed by atoms with Crippen molar-refractivity contribution in [3.8, 4) is 0 Å². The third-order valence-corrected chi connectivity index (χ3v) is 4.65. The van der Waals surface area contributed by atoms with Crippen LogP contribution in [0.4, 0.5) is 0 Å². The van der Waals surface area contributed by atoms with Crippen LogP contribution >= 0.6 is 11.3 Å². The van der Waals surface area contributed by atoms with Crippen LogP contribution in [0.25, 0.3) is 0 Å². The highest BCUT2D eigenvalue weighted by Crippen LogP contribution is 2.41. The maximum atomic E-state index is 10.0. The Morgan fingerprint density at radius 3 is 2.85 bits per heavy atom. The Morgan fingerprint density at radius 2 is 2.10 bits per heavy atom. The van der Waals surface area contributed by atoms with Gasteiger partial charge in [0.1, 0.15) is 0 Å². The van der Waals surface area contributed by atoms with E-state index in [1.807, 2.05) is 36.5 Å². The molecule has 3 nitrogen and oxygen atoms in total. The van der Waals surface area contributed by atoms with Crippen LogP contribution in [0.3, 0.4) is 0 Å². The first kappa shape index (κ1) is 13.7. The number of benzene rings is 1. The molecule has 106 valence electrons. The van der Waals surface area contributed by atoms with Crippen LogP contribution in [0.5, 0.6) is 0 Å². The van der Waals surface area contributed by atoms with Crippen LogP contribution in [-0.4, -0.2) is 22.7 Å². The van der Waals surface area contributed by atoms with Crippen molar-refractivity contribution in [1.82, 2.24) is 10.3 Å². The van der Waals surface area contributed by atoms with Crippen molar-refractivity contribution in [3.05, 3.63) is 52.0 Å². The minimum atomic E-state index is -0.340. The zero-order valence-electron chi connectivity index (χ0n) is 11.5. The first-order valence-electron chi connectivity index (χ1n) is 7.18. The Hall–Kier alpha value is -1.23. The lowest BCUT2D eigenvalue weighted by Crippen LogP contribution is -2.27. The molecule has 1 atom stereocenters. The molecule has 1 aromatic carbocycles. The Morgan fingerprint density at radius 1 is 1.30 bits per heavy atom. The van der Waals surface area contributed by atoms with Crippen LogP contribution in [0.15, 0.2) is 36.5 Å². The number of aromatic nitrogens is 1. The molecule has 3 rings (SSSR count). The van der Waals surface area contributed by atoms with Gasteiger partial charge in [0.25, 0.3) is 0 Å². The summed E-state index contributed by atoms with van der Waals surface area (Å²) in [5.41, 5.74) is 1.18. The molecule has 1 aromatic heterocycles. The molecule has 1 aliphatic carbocycles. The van der Waals surface area contributed by atoms with E-state index in [4.69, 9.17) is 0 Å². The minimum absolute atomic E-state index is 0.340. The summed E-state index contributed by atoms with van der Waals surface area (Å²) in [6, 6.07) is 10.1. The molecule has 0 spiro atoms. The smallest absolute Gasteiger partial charge is 0.0959 e. The molecule has 2 N–H and O–H groups in total. The lowest BCUT2D eigenvalue weighted by Gasteiger charge is -2.11. The van der Waals surface area contributed by atoms with Gasteiger partial charge in [-0.2, -0.15) is 0 Å². The van der Waals surface area contributed by atoms with Crippen molar-refractivity contribution < 1.29 is 5.11 Å². The molecular weight excluding hydrogens is 268 g/mol. The largest absolute Gasteiger partial charge is 0.391 e. The first-order valence-corrected chi connectivity index (χ1v) is 8.00. The van der Waals surface area contributed by atoms with E-state index in [1.165, 1.54) is 28.3 Å². The average molecular weight is 288 g/mol. The number of nitrogens with one attached hydrogen (secondary N) is 1. The topological polar surface area (TPSA) is 45.1 Å². The average Bonchev–Trinajstić information content (AvgIpc) is 3.20. The van der Waals surface area contributed by atoms with E-state index in [-0.39, 0.29) is 6.10 Å². The van der Waals surface area contributed by atoms with E-state index < -0.39 is 0 Å². The van der Waals surface area contributed by atoms with Crippen molar-refractivity contribution in [2.24, 2.45) is 0 Å². The van der Waals surface area contributed by atoms with Gasteiger partial charge in [0.05, 0.1) is 11.1 Å². The van der Waals surface area contributed by atoms with Gasteiger partial charge in [-0.15, -0.1) is 11.3 Å². The molecule has 0 saturated heterocycles. The number of nitrogens with zero attached hydrogens (tertiary/aromatic N) is 1. The van der Waals surface area contributed by atoms with E-state index in [1.54, 1.807) is 11.3 Å². The highest BCUT2D eigenvalue weighted by Gasteiger charge is 2.26. The van der Waals surface area contributed by atoms with Gasteiger partial charge in [-0.25, -0.2) is 4.98 Å². The fraction of sp³-hybridized carbons (Fsp3) is 0.438. The van der Waals surface area contributed by atoms with Crippen LogP contribution in [0.1, 0.15) is 34.2 Å². The van der Waals surface area contributed by atoms with Gasteiger partial charge in [-0.1, -0.05) is 30.3 Å². The maximum Gasteiger partial charge on any atom is 0.0959 e. The Kier molecular flexibility index (Phi) is 4.45. The molecule has 1 unspecified atom stereocenters. The quantitative estimate of drug-likeness (QED) is 0.823. The molecule has 20 heavy (non-hydrogen) atoms. The van der Waals surface area contributed by atoms with Crippen LogP contribution in [0.2, 0.25) is 0 Å². The van der Waals surface area contributed by atoms with Gasteiger partial charge >= 0.3 is 0 Å². The second-order valence-corrected chi connectivity index (χ2v) is 6.56. The third kappa shape index (κ3) is 3.88. The summed E-state index contributed by atoms with van der Waals surface area (Å²) in [4.78, 5) is 5.72. The molecular formula is C16H20N2OS. The summed E-state index contributed by atoms with van der Waals surface area (Å²) in [5.74, 6) is 0.734. The van der Waals surface area contributed by atoms with Gasteiger partial charge < -0.3 is 10.4 Å². The summed E-state index contributed by atoms with van der Waals surface area (Å²) in [6.07, 6.45) is 4.93. The molecule has 4 heteroatoms. The summed E-state index contributed by atoms with van der Waals surface area (Å²) in [5, 5.41) is 14.6. The molecule has 2 aromatic rings. The number of thiazole rings is 1. The second-order valence-electron chi connectivity index (χ2n) is 5.41. The number of aliphatic hydroxyl groups is 1. The van der Waals surface area contributed by atoms with Crippen LogP contribution in [-0.2, 0) is 13.0 Å². The van der Waals surface area contributed by atoms with Crippen LogP contribution in [0, 0.1) is 0 Å². The zero-order chi connectivity index (χ0) is 13.8. The predicted molar refractivity (Wildman–Crippen MR) is 81.9 cm³/mol. The van der Waals surface area contributed by atoms with E-state index in [2.05, 4.69) is 10.3 Å². The van der Waals surface area contributed by atoms with Gasteiger partial charge in [0, 0.05) is 30.1 Å². The highest BCUT2D eigenvalue weighted by atomic mass is 32.1. The van der Waals surface area contributed by atoms with E-state index in [0.717, 1.165) is 12.5 Å². The molecule has 0 aliphatic heterocycles.